The molecule has 0 radical (unpaired) electrons. The van der Waals surface area contributed by atoms with E-state index in [1.54, 1.807) is 0 Å². The van der Waals surface area contributed by atoms with Gasteiger partial charge in [0, 0.05) is 10.8 Å². The van der Waals surface area contributed by atoms with Crippen molar-refractivity contribution in [2.45, 2.75) is 12.5 Å². The molecule has 0 saturated carbocycles. The summed E-state index contributed by atoms with van der Waals surface area (Å²) < 4.78 is 23.5. The van der Waals surface area contributed by atoms with Gasteiger partial charge in [-0.1, -0.05) is 0 Å². The molecule has 0 aromatic carbocycles. The van der Waals surface area contributed by atoms with Gasteiger partial charge in [-0.3, -0.25) is 0 Å². The molecular weight excluding hydrogens is 300 g/mol. The first kappa shape index (κ1) is 11.6. The topological polar surface area (TPSA) is 54.4 Å². The van der Waals surface area contributed by atoms with Crippen LogP contribution in [-0.4, -0.2) is 25.0 Å². The molecule has 0 bridgehead atoms. The van der Waals surface area contributed by atoms with Gasteiger partial charge in [-0.25, -0.2) is 8.42 Å². The lowest BCUT2D eigenvalue weighted by Crippen LogP contribution is -2.13. The van der Waals surface area contributed by atoms with Crippen LogP contribution in [0, 0.1) is 5.92 Å². The smallest absolute Gasteiger partial charge is 0.150 e. The Kier molecular flexibility index (Phi) is 3.21. The predicted molar refractivity (Wildman–Crippen MR) is 63.7 cm³/mol. The molecule has 1 aromatic rings. The zero-order valence-electron chi connectivity index (χ0n) is 7.89. The third-order valence-corrected chi connectivity index (χ3v) is 6.09. The summed E-state index contributed by atoms with van der Waals surface area (Å²) in [6.07, 6.45) is -0.0717. The second-order valence-electron chi connectivity index (χ2n) is 3.75. The SMILES string of the molecule is O=S1(=O)CCC(C(O)c2ccc(Br)s2)C1. The lowest BCUT2D eigenvalue weighted by atomic mass is 10.0. The van der Waals surface area contributed by atoms with Crippen LogP contribution in [0.4, 0.5) is 0 Å². The lowest BCUT2D eigenvalue weighted by Gasteiger charge is -2.14. The largest absolute Gasteiger partial charge is 0.387 e. The van der Waals surface area contributed by atoms with Gasteiger partial charge in [0.1, 0.15) is 0 Å². The maximum Gasteiger partial charge on any atom is 0.150 e. The van der Waals surface area contributed by atoms with Gasteiger partial charge in [0.15, 0.2) is 9.84 Å². The number of halogens is 1. The van der Waals surface area contributed by atoms with Gasteiger partial charge in [0.25, 0.3) is 0 Å². The van der Waals surface area contributed by atoms with E-state index in [1.807, 2.05) is 12.1 Å². The molecule has 1 aliphatic heterocycles. The molecule has 0 aliphatic carbocycles. The van der Waals surface area contributed by atoms with Crippen molar-refractivity contribution < 1.29 is 13.5 Å². The highest BCUT2D eigenvalue weighted by molar-refractivity contribution is 9.11. The molecule has 1 aromatic heterocycles. The molecule has 15 heavy (non-hydrogen) atoms. The van der Waals surface area contributed by atoms with Crippen LogP contribution >= 0.6 is 27.3 Å². The fourth-order valence-corrected chi connectivity index (χ4v) is 5.13. The molecule has 0 spiro atoms. The summed E-state index contributed by atoms with van der Waals surface area (Å²) in [5.41, 5.74) is 0. The fourth-order valence-electron chi connectivity index (χ4n) is 1.79. The normalized spacial score (nSPS) is 26.7. The van der Waals surface area contributed by atoms with Crippen LogP contribution in [0.1, 0.15) is 17.4 Å². The highest BCUT2D eigenvalue weighted by atomic mass is 79.9. The first-order valence-corrected chi connectivity index (χ1v) is 8.05. The number of rotatable bonds is 2. The molecule has 1 N–H and O–H groups in total. The minimum absolute atomic E-state index is 0.115. The van der Waals surface area contributed by atoms with E-state index in [4.69, 9.17) is 0 Å². The number of aliphatic hydroxyl groups excluding tert-OH is 1. The number of aliphatic hydroxyl groups is 1. The Balaban J connectivity index is 2.13. The molecule has 1 aliphatic rings. The van der Waals surface area contributed by atoms with Crippen molar-refractivity contribution in [3.05, 3.63) is 20.8 Å². The van der Waals surface area contributed by atoms with Gasteiger partial charge in [-0.15, -0.1) is 11.3 Å². The first-order chi connectivity index (χ1) is 6.98. The summed E-state index contributed by atoms with van der Waals surface area (Å²) in [5.74, 6) is 0.186. The average molecular weight is 311 g/mol. The van der Waals surface area contributed by atoms with E-state index in [9.17, 15) is 13.5 Å². The third-order valence-electron chi connectivity index (χ3n) is 2.60. The van der Waals surface area contributed by atoms with Crippen molar-refractivity contribution in [2.24, 2.45) is 5.92 Å². The maximum atomic E-state index is 11.3. The molecule has 2 unspecified atom stereocenters. The van der Waals surface area contributed by atoms with Gasteiger partial charge >= 0.3 is 0 Å². The Hall–Kier alpha value is 0.0900. The van der Waals surface area contributed by atoms with Crippen LogP contribution in [0.25, 0.3) is 0 Å². The minimum atomic E-state index is -2.91. The molecule has 2 rings (SSSR count). The molecular formula is C9H11BrO3S2. The fraction of sp³-hybridized carbons (Fsp3) is 0.556. The van der Waals surface area contributed by atoms with Crippen LogP contribution in [0.3, 0.4) is 0 Å². The molecule has 84 valence electrons. The Morgan fingerprint density at radius 1 is 1.53 bits per heavy atom. The Morgan fingerprint density at radius 2 is 2.27 bits per heavy atom. The second-order valence-corrected chi connectivity index (χ2v) is 8.47. The zero-order valence-corrected chi connectivity index (χ0v) is 11.1. The summed E-state index contributed by atoms with van der Waals surface area (Å²) in [7, 11) is -2.91. The van der Waals surface area contributed by atoms with Gasteiger partial charge in [0.2, 0.25) is 0 Å². The van der Waals surface area contributed by atoms with Crippen molar-refractivity contribution in [2.75, 3.05) is 11.5 Å². The Bertz CT molecular complexity index is 452. The van der Waals surface area contributed by atoms with Crippen molar-refractivity contribution >= 4 is 37.1 Å². The van der Waals surface area contributed by atoms with E-state index in [2.05, 4.69) is 15.9 Å². The van der Waals surface area contributed by atoms with Crippen LogP contribution in [0.2, 0.25) is 0 Å². The number of thiophene rings is 1. The zero-order chi connectivity index (χ0) is 11.1. The second kappa shape index (κ2) is 4.16. The Labute approximate surface area is 101 Å². The first-order valence-electron chi connectivity index (χ1n) is 4.62. The third kappa shape index (κ3) is 2.61. The highest BCUT2D eigenvalue weighted by Gasteiger charge is 2.33. The molecule has 0 amide bonds. The monoisotopic (exact) mass is 310 g/mol. The summed E-state index contributed by atoms with van der Waals surface area (Å²) in [5, 5.41) is 9.99. The molecule has 2 atom stereocenters. The summed E-state index contributed by atoms with van der Waals surface area (Å²) in [4.78, 5) is 0.837. The quantitative estimate of drug-likeness (QED) is 0.908. The highest BCUT2D eigenvalue weighted by Crippen LogP contribution is 2.35. The summed E-state index contributed by atoms with van der Waals surface area (Å²) in [6, 6.07) is 3.71. The van der Waals surface area contributed by atoms with E-state index in [0.717, 1.165) is 8.66 Å². The predicted octanol–water partition coefficient (Wildman–Crippen LogP) is 1.98. The van der Waals surface area contributed by atoms with Crippen LogP contribution in [0.5, 0.6) is 0 Å². The van der Waals surface area contributed by atoms with Crippen molar-refractivity contribution in [1.29, 1.82) is 0 Å². The van der Waals surface area contributed by atoms with Crippen molar-refractivity contribution in [3.63, 3.8) is 0 Å². The van der Waals surface area contributed by atoms with Gasteiger partial charge in [0.05, 0.1) is 21.4 Å². The molecule has 6 heteroatoms. The van der Waals surface area contributed by atoms with Crippen LogP contribution < -0.4 is 0 Å². The number of hydrogen-bond donors (Lipinski definition) is 1. The standard InChI is InChI=1S/C9H11BrO3S2/c10-8-2-1-7(14-8)9(11)6-3-4-15(12,13)5-6/h1-2,6,9,11H,3-5H2. The van der Waals surface area contributed by atoms with Gasteiger partial charge in [-0.05, 0) is 34.5 Å². The summed E-state index contributed by atoms with van der Waals surface area (Å²) in [6.45, 7) is 0. The number of hydrogen-bond acceptors (Lipinski definition) is 4. The van der Waals surface area contributed by atoms with Crippen LogP contribution in [-0.2, 0) is 9.84 Å². The van der Waals surface area contributed by atoms with Crippen molar-refractivity contribution in [3.8, 4) is 0 Å². The Morgan fingerprint density at radius 3 is 2.73 bits per heavy atom. The maximum absolute atomic E-state index is 11.3. The summed E-state index contributed by atoms with van der Waals surface area (Å²) >= 11 is 4.78. The number of sulfone groups is 1. The van der Waals surface area contributed by atoms with E-state index < -0.39 is 15.9 Å². The van der Waals surface area contributed by atoms with E-state index in [-0.39, 0.29) is 17.4 Å². The molecule has 3 nitrogen and oxygen atoms in total. The average Bonchev–Trinajstić information content (AvgIpc) is 2.71. The minimum Gasteiger partial charge on any atom is -0.387 e. The molecule has 1 fully saturated rings. The van der Waals surface area contributed by atoms with E-state index >= 15 is 0 Å². The van der Waals surface area contributed by atoms with E-state index in [0.29, 0.717) is 6.42 Å². The van der Waals surface area contributed by atoms with E-state index in [1.165, 1.54) is 11.3 Å². The van der Waals surface area contributed by atoms with Gasteiger partial charge < -0.3 is 5.11 Å². The molecule has 1 saturated heterocycles. The van der Waals surface area contributed by atoms with Crippen molar-refractivity contribution in [1.82, 2.24) is 0 Å². The lowest BCUT2D eigenvalue weighted by molar-refractivity contribution is 0.124. The molecule has 2 heterocycles. The van der Waals surface area contributed by atoms with Crippen LogP contribution in [0.15, 0.2) is 15.9 Å². The van der Waals surface area contributed by atoms with Gasteiger partial charge in [-0.2, -0.15) is 0 Å².